The SMILES string of the molecule is C[C@@H](NC(=O)CSc1nnc(-c2ccco2)n1N)c1ccc(Cl)c(Cl)c1. The molecule has 3 N–H and O–H groups in total. The molecule has 3 rings (SSSR count). The van der Waals surface area contributed by atoms with Gasteiger partial charge in [-0.15, -0.1) is 10.2 Å². The fourth-order valence-corrected chi connectivity index (χ4v) is 3.20. The number of carbonyl (C=O) groups is 1. The van der Waals surface area contributed by atoms with Crippen LogP contribution in [0.3, 0.4) is 0 Å². The molecule has 0 saturated heterocycles. The van der Waals surface area contributed by atoms with Gasteiger partial charge < -0.3 is 15.6 Å². The smallest absolute Gasteiger partial charge is 0.230 e. The Balaban J connectivity index is 1.58. The van der Waals surface area contributed by atoms with E-state index in [1.165, 1.54) is 22.7 Å². The summed E-state index contributed by atoms with van der Waals surface area (Å²) >= 11 is 13.1. The number of nitrogens with one attached hydrogen (secondary N) is 1. The topological polar surface area (TPSA) is 99.0 Å². The fourth-order valence-electron chi connectivity index (χ4n) is 2.23. The molecule has 0 radical (unpaired) electrons. The number of aromatic nitrogens is 3. The molecule has 26 heavy (non-hydrogen) atoms. The van der Waals surface area contributed by atoms with Crippen LogP contribution in [0.5, 0.6) is 0 Å². The lowest BCUT2D eigenvalue weighted by Crippen LogP contribution is -2.28. The van der Waals surface area contributed by atoms with Crippen molar-refractivity contribution in [3.05, 3.63) is 52.2 Å². The van der Waals surface area contributed by atoms with Gasteiger partial charge in [-0.25, -0.2) is 4.68 Å². The van der Waals surface area contributed by atoms with Gasteiger partial charge in [0.2, 0.25) is 16.9 Å². The summed E-state index contributed by atoms with van der Waals surface area (Å²) in [5.41, 5.74) is 0.861. The van der Waals surface area contributed by atoms with Crippen LogP contribution in [0.15, 0.2) is 46.2 Å². The summed E-state index contributed by atoms with van der Waals surface area (Å²) in [4.78, 5) is 12.2. The Hall–Kier alpha value is -2.16. The Morgan fingerprint density at radius 1 is 1.35 bits per heavy atom. The third-order valence-electron chi connectivity index (χ3n) is 3.56. The van der Waals surface area contributed by atoms with Crippen LogP contribution >= 0.6 is 35.0 Å². The molecule has 0 spiro atoms. The van der Waals surface area contributed by atoms with Gasteiger partial charge in [-0.05, 0) is 36.8 Å². The monoisotopic (exact) mass is 411 g/mol. The minimum Gasteiger partial charge on any atom is -0.461 e. The second-order valence-corrected chi connectivity index (χ2v) is 7.16. The molecule has 136 valence electrons. The van der Waals surface area contributed by atoms with Crippen molar-refractivity contribution < 1.29 is 9.21 Å². The molecule has 0 saturated carbocycles. The largest absolute Gasteiger partial charge is 0.461 e. The van der Waals surface area contributed by atoms with E-state index < -0.39 is 0 Å². The van der Waals surface area contributed by atoms with Crippen LogP contribution in [-0.4, -0.2) is 26.5 Å². The van der Waals surface area contributed by atoms with Crippen molar-refractivity contribution in [3.63, 3.8) is 0 Å². The predicted octanol–water partition coefficient (Wildman–Crippen LogP) is 3.53. The molecule has 0 aliphatic heterocycles. The molecule has 7 nitrogen and oxygen atoms in total. The van der Waals surface area contributed by atoms with Crippen molar-refractivity contribution >= 4 is 40.9 Å². The van der Waals surface area contributed by atoms with Crippen LogP contribution in [0, 0.1) is 0 Å². The average Bonchev–Trinajstić information content (AvgIpc) is 3.25. The molecule has 10 heteroatoms. The lowest BCUT2D eigenvalue weighted by molar-refractivity contribution is -0.119. The van der Waals surface area contributed by atoms with Gasteiger partial charge in [0.25, 0.3) is 0 Å². The van der Waals surface area contributed by atoms with Crippen LogP contribution in [0.25, 0.3) is 11.6 Å². The van der Waals surface area contributed by atoms with Crippen LogP contribution < -0.4 is 11.2 Å². The number of hydrogen-bond donors (Lipinski definition) is 2. The molecular formula is C16H15Cl2N5O2S. The predicted molar refractivity (Wildman–Crippen MR) is 102 cm³/mol. The molecular weight excluding hydrogens is 397 g/mol. The summed E-state index contributed by atoms with van der Waals surface area (Å²) < 4.78 is 6.54. The van der Waals surface area contributed by atoms with E-state index in [0.717, 1.165) is 5.56 Å². The van der Waals surface area contributed by atoms with Crippen LogP contribution in [0.4, 0.5) is 0 Å². The van der Waals surface area contributed by atoms with Crippen molar-refractivity contribution in [1.82, 2.24) is 20.2 Å². The Kier molecular flexibility index (Phi) is 5.75. The second kappa shape index (κ2) is 8.03. The molecule has 1 aromatic carbocycles. The van der Waals surface area contributed by atoms with E-state index in [-0.39, 0.29) is 17.7 Å². The first-order chi connectivity index (χ1) is 12.5. The molecule has 0 fully saturated rings. The zero-order valence-corrected chi connectivity index (χ0v) is 16.0. The van der Waals surface area contributed by atoms with Crippen molar-refractivity contribution in [1.29, 1.82) is 0 Å². The zero-order chi connectivity index (χ0) is 18.7. The van der Waals surface area contributed by atoms with E-state index in [2.05, 4.69) is 15.5 Å². The third-order valence-corrected chi connectivity index (χ3v) is 5.24. The first-order valence-electron chi connectivity index (χ1n) is 7.57. The fraction of sp³-hybridized carbons (Fsp3) is 0.188. The Labute approximate surface area is 163 Å². The van der Waals surface area contributed by atoms with Gasteiger partial charge in [0.15, 0.2) is 5.76 Å². The number of halogens is 2. The lowest BCUT2D eigenvalue weighted by atomic mass is 10.1. The van der Waals surface area contributed by atoms with Crippen molar-refractivity contribution in [2.24, 2.45) is 0 Å². The molecule has 0 unspecified atom stereocenters. The van der Waals surface area contributed by atoms with Gasteiger partial charge in [-0.2, -0.15) is 0 Å². The maximum Gasteiger partial charge on any atom is 0.230 e. The summed E-state index contributed by atoms with van der Waals surface area (Å²) in [5, 5.41) is 12.2. The highest BCUT2D eigenvalue weighted by molar-refractivity contribution is 7.99. The molecule has 1 amide bonds. The Morgan fingerprint density at radius 3 is 2.85 bits per heavy atom. The molecule has 3 aromatic rings. The number of nitrogens with zero attached hydrogens (tertiary/aromatic N) is 3. The van der Waals surface area contributed by atoms with E-state index in [9.17, 15) is 4.79 Å². The van der Waals surface area contributed by atoms with E-state index in [4.69, 9.17) is 33.5 Å². The molecule has 0 aliphatic rings. The number of thioether (sulfide) groups is 1. The first-order valence-corrected chi connectivity index (χ1v) is 9.31. The standard InChI is InChI=1S/C16H15Cl2N5O2S/c1-9(10-4-5-11(17)12(18)7-10)20-14(24)8-26-16-22-21-15(23(16)19)13-3-2-6-25-13/h2-7,9H,8,19H2,1H3,(H,20,24)/t9-/m1/s1. The highest BCUT2D eigenvalue weighted by Gasteiger charge is 2.16. The van der Waals surface area contributed by atoms with Crippen LogP contribution in [-0.2, 0) is 4.79 Å². The first kappa shape index (κ1) is 18.6. The number of carbonyl (C=O) groups excluding carboxylic acids is 1. The summed E-state index contributed by atoms with van der Waals surface area (Å²) in [6.45, 7) is 1.86. The summed E-state index contributed by atoms with van der Waals surface area (Å²) in [7, 11) is 0. The number of nitrogens with two attached hydrogens (primary N) is 1. The minimum absolute atomic E-state index is 0.138. The van der Waals surface area contributed by atoms with Crippen LogP contribution in [0.1, 0.15) is 18.5 Å². The number of amides is 1. The maximum atomic E-state index is 12.2. The van der Waals surface area contributed by atoms with Crippen molar-refractivity contribution in [2.45, 2.75) is 18.1 Å². The Morgan fingerprint density at radius 2 is 2.15 bits per heavy atom. The second-order valence-electron chi connectivity index (χ2n) is 5.40. The normalized spacial score (nSPS) is 12.1. The minimum atomic E-state index is -0.215. The molecule has 2 heterocycles. The van der Waals surface area contributed by atoms with E-state index in [1.54, 1.807) is 24.3 Å². The number of benzene rings is 1. The number of nitrogen functional groups attached to an aromatic ring is 1. The van der Waals surface area contributed by atoms with Crippen molar-refractivity contribution in [2.75, 3.05) is 11.6 Å². The number of hydrogen-bond acceptors (Lipinski definition) is 6. The summed E-state index contributed by atoms with van der Waals surface area (Å²) in [6.07, 6.45) is 1.52. The average molecular weight is 412 g/mol. The third kappa shape index (κ3) is 4.14. The quantitative estimate of drug-likeness (QED) is 0.475. The van der Waals surface area contributed by atoms with Crippen LogP contribution in [0.2, 0.25) is 10.0 Å². The van der Waals surface area contributed by atoms with Gasteiger partial charge in [0, 0.05) is 0 Å². The highest BCUT2D eigenvalue weighted by Crippen LogP contribution is 2.26. The molecule has 0 aliphatic carbocycles. The number of furan rings is 1. The lowest BCUT2D eigenvalue weighted by Gasteiger charge is -2.14. The van der Waals surface area contributed by atoms with Gasteiger partial charge in [-0.1, -0.05) is 41.0 Å². The molecule has 0 bridgehead atoms. The van der Waals surface area contributed by atoms with Gasteiger partial charge in [0.1, 0.15) is 0 Å². The molecule has 1 atom stereocenters. The molecule has 2 aromatic heterocycles. The van der Waals surface area contributed by atoms with E-state index >= 15 is 0 Å². The maximum absolute atomic E-state index is 12.2. The highest BCUT2D eigenvalue weighted by atomic mass is 35.5. The summed E-state index contributed by atoms with van der Waals surface area (Å²) in [5.74, 6) is 6.82. The van der Waals surface area contributed by atoms with Gasteiger partial charge >= 0.3 is 0 Å². The van der Waals surface area contributed by atoms with Gasteiger partial charge in [-0.3, -0.25) is 4.79 Å². The van der Waals surface area contributed by atoms with Gasteiger partial charge in [0.05, 0.1) is 28.1 Å². The van der Waals surface area contributed by atoms with Crippen molar-refractivity contribution in [3.8, 4) is 11.6 Å². The Bertz CT molecular complexity index is 914. The number of rotatable bonds is 6. The zero-order valence-electron chi connectivity index (χ0n) is 13.6. The van der Waals surface area contributed by atoms with E-state index in [0.29, 0.717) is 26.8 Å². The summed E-state index contributed by atoms with van der Waals surface area (Å²) in [6, 6.07) is 8.49. The van der Waals surface area contributed by atoms with E-state index in [1.807, 2.05) is 13.0 Å².